The molecule has 4 nitrogen and oxygen atoms in total. The molecule has 0 saturated heterocycles. The van der Waals surface area contributed by atoms with E-state index in [1.165, 1.54) is 0 Å². The van der Waals surface area contributed by atoms with E-state index in [0.29, 0.717) is 11.7 Å². The van der Waals surface area contributed by atoms with Crippen LogP contribution < -0.4 is 5.48 Å². The molecule has 0 atom stereocenters. The Labute approximate surface area is 63.4 Å². The predicted octanol–water partition coefficient (Wildman–Crippen LogP) is 0.552. The van der Waals surface area contributed by atoms with Crippen molar-refractivity contribution in [3.05, 3.63) is 17.2 Å². The number of halogens is 1. The van der Waals surface area contributed by atoms with E-state index in [9.17, 15) is 0 Å². The van der Waals surface area contributed by atoms with Crippen molar-refractivity contribution < 1.29 is 5.21 Å². The fourth-order valence-electron chi connectivity index (χ4n) is 0.700. The summed E-state index contributed by atoms with van der Waals surface area (Å²) in [5.41, 5.74) is 2.77. The summed E-state index contributed by atoms with van der Waals surface area (Å²) in [6, 6.07) is 0. The van der Waals surface area contributed by atoms with E-state index in [1.54, 1.807) is 10.9 Å². The summed E-state index contributed by atoms with van der Waals surface area (Å²) >= 11 is 5.64. The van der Waals surface area contributed by atoms with E-state index < -0.39 is 0 Å². The van der Waals surface area contributed by atoms with Crippen molar-refractivity contribution in [3.63, 3.8) is 0 Å². The largest absolute Gasteiger partial charge is 0.335 e. The second-order valence-electron chi connectivity index (χ2n) is 1.93. The average molecular weight is 162 g/mol. The predicted molar refractivity (Wildman–Crippen MR) is 36.8 cm³/mol. The third kappa shape index (κ3) is 1.29. The number of aromatic nitrogens is 2. The molecule has 2 N–H and O–H groups in total. The molecule has 0 aromatic carbocycles. The summed E-state index contributed by atoms with van der Waals surface area (Å²) in [4.78, 5) is 3.81. The molecular formula is C5H8ClN3O. The number of nitrogens with one attached hydrogen (secondary N) is 1. The topological polar surface area (TPSA) is 50.1 Å². The highest BCUT2D eigenvalue weighted by Crippen LogP contribution is 2.10. The standard InChI is InChI=1S/C5H8ClN3O/c1-9-3-7-5(6)4(9)2-8-10/h3,8,10H,2H2,1H3. The van der Waals surface area contributed by atoms with Gasteiger partial charge in [-0.25, -0.2) is 4.98 Å². The molecule has 1 heterocycles. The van der Waals surface area contributed by atoms with Gasteiger partial charge in [0.1, 0.15) is 0 Å². The van der Waals surface area contributed by atoms with Gasteiger partial charge in [-0.2, -0.15) is 5.48 Å². The van der Waals surface area contributed by atoms with Crippen molar-refractivity contribution in [1.82, 2.24) is 15.0 Å². The first-order valence-corrected chi connectivity index (χ1v) is 3.16. The molecule has 0 aliphatic heterocycles. The zero-order chi connectivity index (χ0) is 7.56. The number of hydroxylamine groups is 1. The molecule has 1 rings (SSSR count). The van der Waals surface area contributed by atoms with Gasteiger partial charge in [-0.3, -0.25) is 0 Å². The number of hydrogen-bond donors (Lipinski definition) is 2. The van der Waals surface area contributed by atoms with Crippen molar-refractivity contribution in [3.8, 4) is 0 Å². The van der Waals surface area contributed by atoms with Crippen LogP contribution in [0.1, 0.15) is 5.69 Å². The van der Waals surface area contributed by atoms with E-state index in [2.05, 4.69) is 4.98 Å². The molecule has 0 spiro atoms. The fraction of sp³-hybridized carbons (Fsp3) is 0.400. The Bertz CT molecular complexity index is 203. The van der Waals surface area contributed by atoms with Crippen LogP contribution in [0.15, 0.2) is 6.33 Å². The van der Waals surface area contributed by atoms with Crippen molar-refractivity contribution >= 4 is 11.6 Å². The SMILES string of the molecule is Cn1cnc(Cl)c1CNO. The lowest BCUT2D eigenvalue weighted by molar-refractivity contribution is 0.159. The van der Waals surface area contributed by atoms with Gasteiger partial charge in [0, 0.05) is 7.05 Å². The molecule has 1 aromatic heterocycles. The maximum Gasteiger partial charge on any atom is 0.151 e. The molecule has 0 unspecified atom stereocenters. The van der Waals surface area contributed by atoms with Crippen molar-refractivity contribution in [2.45, 2.75) is 6.54 Å². The molecule has 10 heavy (non-hydrogen) atoms. The quantitative estimate of drug-likeness (QED) is 0.623. The third-order valence-electron chi connectivity index (χ3n) is 1.25. The zero-order valence-electron chi connectivity index (χ0n) is 5.50. The summed E-state index contributed by atoms with van der Waals surface area (Å²) in [7, 11) is 1.81. The first-order valence-electron chi connectivity index (χ1n) is 2.78. The van der Waals surface area contributed by atoms with E-state index in [-0.39, 0.29) is 0 Å². The maximum atomic E-state index is 8.34. The summed E-state index contributed by atoms with van der Waals surface area (Å²) in [5, 5.41) is 8.76. The van der Waals surface area contributed by atoms with Gasteiger partial charge in [0.2, 0.25) is 0 Å². The molecule has 1 aromatic rings. The lowest BCUT2D eigenvalue weighted by Crippen LogP contribution is -2.09. The van der Waals surface area contributed by atoms with Gasteiger partial charge < -0.3 is 9.77 Å². The molecule has 0 amide bonds. The highest BCUT2D eigenvalue weighted by atomic mass is 35.5. The van der Waals surface area contributed by atoms with E-state index in [4.69, 9.17) is 16.8 Å². The van der Waals surface area contributed by atoms with Crippen LogP contribution >= 0.6 is 11.6 Å². The molecule has 0 aliphatic carbocycles. The molecule has 0 saturated carbocycles. The minimum absolute atomic E-state index is 0.315. The molecule has 0 fully saturated rings. The highest BCUT2D eigenvalue weighted by molar-refractivity contribution is 6.30. The molecule has 56 valence electrons. The minimum atomic E-state index is 0.315. The van der Waals surface area contributed by atoms with E-state index in [1.807, 2.05) is 12.5 Å². The average Bonchev–Trinajstić information content (AvgIpc) is 2.20. The van der Waals surface area contributed by atoms with Gasteiger partial charge in [0.15, 0.2) is 5.15 Å². The lowest BCUT2D eigenvalue weighted by Gasteiger charge is -1.98. The van der Waals surface area contributed by atoms with Crippen molar-refractivity contribution in [1.29, 1.82) is 0 Å². The van der Waals surface area contributed by atoms with Crippen LogP contribution in [0.3, 0.4) is 0 Å². The molecular weight excluding hydrogens is 154 g/mol. The summed E-state index contributed by atoms with van der Waals surface area (Å²) in [6.45, 7) is 0.315. The monoisotopic (exact) mass is 161 g/mol. The van der Waals surface area contributed by atoms with E-state index in [0.717, 1.165) is 5.69 Å². The second-order valence-corrected chi connectivity index (χ2v) is 2.29. The Morgan fingerprint density at radius 1 is 1.90 bits per heavy atom. The zero-order valence-corrected chi connectivity index (χ0v) is 6.26. The Morgan fingerprint density at radius 2 is 2.60 bits per heavy atom. The third-order valence-corrected chi connectivity index (χ3v) is 1.57. The van der Waals surface area contributed by atoms with Crippen LogP contribution in [0.4, 0.5) is 0 Å². The van der Waals surface area contributed by atoms with Crippen LogP contribution in [0.5, 0.6) is 0 Å². The highest BCUT2D eigenvalue weighted by Gasteiger charge is 2.03. The van der Waals surface area contributed by atoms with Crippen LogP contribution in [0, 0.1) is 0 Å². The van der Waals surface area contributed by atoms with Gasteiger partial charge in [0.25, 0.3) is 0 Å². The minimum Gasteiger partial charge on any atom is -0.335 e. The van der Waals surface area contributed by atoms with Crippen LogP contribution in [-0.2, 0) is 13.6 Å². The summed E-state index contributed by atoms with van der Waals surface area (Å²) < 4.78 is 1.74. The first-order chi connectivity index (χ1) is 4.75. The Balaban J connectivity index is 2.87. The molecule has 0 bridgehead atoms. The number of rotatable bonds is 2. The second kappa shape index (κ2) is 3.01. The molecule has 0 radical (unpaired) electrons. The summed E-state index contributed by atoms with van der Waals surface area (Å²) in [6.07, 6.45) is 1.59. The van der Waals surface area contributed by atoms with Crippen LogP contribution in [-0.4, -0.2) is 14.8 Å². The first kappa shape index (κ1) is 7.53. The Morgan fingerprint density at radius 3 is 3.00 bits per heavy atom. The Hall–Kier alpha value is -0.580. The normalized spacial score (nSPS) is 10.3. The van der Waals surface area contributed by atoms with Crippen molar-refractivity contribution in [2.75, 3.05) is 0 Å². The maximum absolute atomic E-state index is 8.34. The number of imidazole rings is 1. The van der Waals surface area contributed by atoms with Gasteiger partial charge in [0.05, 0.1) is 18.6 Å². The fourth-order valence-corrected chi connectivity index (χ4v) is 0.943. The number of aryl methyl sites for hydroxylation is 1. The van der Waals surface area contributed by atoms with Gasteiger partial charge >= 0.3 is 0 Å². The molecule has 0 aliphatic rings. The Kier molecular flexibility index (Phi) is 2.26. The smallest absolute Gasteiger partial charge is 0.151 e. The number of nitrogens with zero attached hydrogens (tertiary/aromatic N) is 2. The molecule has 5 heteroatoms. The van der Waals surface area contributed by atoms with Gasteiger partial charge in [-0.1, -0.05) is 11.6 Å². The van der Waals surface area contributed by atoms with Crippen LogP contribution in [0.2, 0.25) is 5.15 Å². The number of hydrogen-bond acceptors (Lipinski definition) is 3. The lowest BCUT2D eigenvalue weighted by atomic mass is 10.5. The van der Waals surface area contributed by atoms with Gasteiger partial charge in [-0.15, -0.1) is 0 Å². The van der Waals surface area contributed by atoms with E-state index >= 15 is 0 Å². The van der Waals surface area contributed by atoms with Crippen molar-refractivity contribution in [2.24, 2.45) is 7.05 Å². The van der Waals surface area contributed by atoms with Crippen LogP contribution in [0.25, 0.3) is 0 Å². The van der Waals surface area contributed by atoms with Gasteiger partial charge in [-0.05, 0) is 0 Å². The summed E-state index contributed by atoms with van der Waals surface area (Å²) in [5.74, 6) is 0.